The third-order valence-corrected chi connectivity index (χ3v) is 5.66. The Bertz CT molecular complexity index is 609. The lowest BCUT2D eigenvalue weighted by Crippen LogP contribution is -2.31. The van der Waals surface area contributed by atoms with Crippen molar-refractivity contribution in [2.45, 2.75) is 52.5 Å². The highest BCUT2D eigenvalue weighted by molar-refractivity contribution is 7.80. The van der Waals surface area contributed by atoms with Crippen molar-refractivity contribution in [3.05, 3.63) is 29.6 Å². The lowest BCUT2D eigenvalue weighted by atomic mass is 9.75. The van der Waals surface area contributed by atoms with Gasteiger partial charge in [-0.3, -0.25) is 0 Å². The van der Waals surface area contributed by atoms with E-state index in [-0.39, 0.29) is 0 Å². The van der Waals surface area contributed by atoms with E-state index in [1.165, 1.54) is 48.7 Å². The summed E-state index contributed by atoms with van der Waals surface area (Å²) in [6, 6.07) is 4.49. The van der Waals surface area contributed by atoms with Gasteiger partial charge in [-0.25, -0.2) is 4.98 Å². The Hall–Kier alpha value is -0.960. The third kappa shape index (κ3) is 2.48. The van der Waals surface area contributed by atoms with Gasteiger partial charge in [0.2, 0.25) is 0 Å². The Morgan fingerprint density at radius 3 is 2.55 bits per heavy atom. The number of benzene rings is 1. The molecule has 1 aliphatic carbocycles. The van der Waals surface area contributed by atoms with Gasteiger partial charge in [-0.05, 0) is 61.1 Å². The molecule has 1 aromatic heterocycles. The first-order chi connectivity index (χ1) is 9.63. The standard InChI is InChI=1S/C17H24N2S/c1-13-8-15-16(9-14(13)2)19(12-18-15)10-17(11-20)6-4-3-5-7-17/h8-9,12,20H,3-7,10-11H2,1-2H3. The van der Waals surface area contributed by atoms with Crippen LogP contribution in [0.3, 0.4) is 0 Å². The fraction of sp³-hybridized carbons (Fsp3) is 0.588. The van der Waals surface area contributed by atoms with Crippen molar-refractivity contribution in [1.29, 1.82) is 0 Å². The highest BCUT2D eigenvalue weighted by Gasteiger charge is 2.31. The van der Waals surface area contributed by atoms with E-state index in [4.69, 9.17) is 0 Å². The molecule has 3 heteroatoms. The Morgan fingerprint density at radius 2 is 1.85 bits per heavy atom. The largest absolute Gasteiger partial charge is 0.330 e. The number of aromatic nitrogens is 2. The molecule has 1 fully saturated rings. The highest BCUT2D eigenvalue weighted by Crippen LogP contribution is 2.39. The quantitative estimate of drug-likeness (QED) is 0.821. The van der Waals surface area contributed by atoms with Crippen LogP contribution in [0.4, 0.5) is 0 Å². The van der Waals surface area contributed by atoms with E-state index < -0.39 is 0 Å². The molecule has 1 heterocycles. The molecular weight excluding hydrogens is 264 g/mol. The van der Waals surface area contributed by atoms with Crippen LogP contribution in [0.2, 0.25) is 0 Å². The summed E-state index contributed by atoms with van der Waals surface area (Å²) in [5, 5.41) is 0. The minimum absolute atomic E-state index is 0.369. The summed E-state index contributed by atoms with van der Waals surface area (Å²) in [5.74, 6) is 0.984. The van der Waals surface area contributed by atoms with Crippen molar-refractivity contribution >= 4 is 23.7 Å². The van der Waals surface area contributed by atoms with Crippen molar-refractivity contribution in [3.63, 3.8) is 0 Å². The summed E-state index contributed by atoms with van der Waals surface area (Å²) in [7, 11) is 0. The van der Waals surface area contributed by atoms with Gasteiger partial charge < -0.3 is 4.57 Å². The summed E-state index contributed by atoms with van der Waals surface area (Å²) < 4.78 is 2.35. The molecule has 0 spiro atoms. The first kappa shape index (κ1) is 14.0. The van der Waals surface area contributed by atoms with Gasteiger partial charge in [0.25, 0.3) is 0 Å². The molecule has 1 aromatic carbocycles. The average molecular weight is 288 g/mol. The van der Waals surface area contributed by atoms with E-state index in [0.717, 1.165) is 17.8 Å². The molecule has 0 saturated heterocycles. The van der Waals surface area contributed by atoms with Crippen molar-refractivity contribution in [3.8, 4) is 0 Å². The van der Waals surface area contributed by atoms with Gasteiger partial charge >= 0.3 is 0 Å². The highest BCUT2D eigenvalue weighted by atomic mass is 32.1. The number of aryl methyl sites for hydroxylation is 2. The lowest BCUT2D eigenvalue weighted by Gasteiger charge is -2.36. The third-order valence-electron chi connectivity index (χ3n) is 4.99. The summed E-state index contributed by atoms with van der Waals surface area (Å²) in [6.07, 6.45) is 8.72. The van der Waals surface area contributed by atoms with Crippen LogP contribution in [0.15, 0.2) is 18.5 Å². The van der Waals surface area contributed by atoms with E-state index in [2.05, 4.69) is 48.2 Å². The molecule has 3 rings (SSSR count). The first-order valence-electron chi connectivity index (χ1n) is 7.66. The van der Waals surface area contributed by atoms with Crippen LogP contribution in [-0.4, -0.2) is 15.3 Å². The number of rotatable bonds is 3. The molecular formula is C17H24N2S. The molecule has 0 amide bonds. The minimum Gasteiger partial charge on any atom is -0.330 e. The van der Waals surface area contributed by atoms with Crippen molar-refractivity contribution in [2.24, 2.45) is 5.41 Å². The van der Waals surface area contributed by atoms with Crippen LogP contribution in [0, 0.1) is 19.3 Å². The van der Waals surface area contributed by atoms with Gasteiger partial charge in [0.15, 0.2) is 0 Å². The molecule has 0 aliphatic heterocycles. The van der Waals surface area contributed by atoms with Crippen molar-refractivity contribution in [2.75, 3.05) is 5.75 Å². The molecule has 0 radical (unpaired) electrons. The van der Waals surface area contributed by atoms with Crippen molar-refractivity contribution in [1.82, 2.24) is 9.55 Å². The number of hydrogen-bond acceptors (Lipinski definition) is 2. The zero-order valence-corrected chi connectivity index (χ0v) is 13.4. The van der Waals surface area contributed by atoms with E-state index in [1.807, 2.05) is 6.33 Å². The van der Waals surface area contributed by atoms with Gasteiger partial charge in [-0.15, -0.1) is 0 Å². The Balaban J connectivity index is 1.96. The zero-order chi connectivity index (χ0) is 14.2. The van der Waals surface area contributed by atoms with Crippen LogP contribution in [-0.2, 0) is 6.54 Å². The molecule has 2 aromatic rings. The molecule has 1 saturated carbocycles. The van der Waals surface area contributed by atoms with Gasteiger partial charge in [0, 0.05) is 6.54 Å². The fourth-order valence-corrected chi connectivity index (χ4v) is 3.88. The number of imidazole rings is 1. The van der Waals surface area contributed by atoms with Gasteiger partial charge in [-0.1, -0.05) is 19.3 Å². The molecule has 0 unspecified atom stereocenters. The maximum atomic E-state index is 4.66. The monoisotopic (exact) mass is 288 g/mol. The van der Waals surface area contributed by atoms with Crippen LogP contribution in [0.1, 0.15) is 43.2 Å². The molecule has 0 N–H and O–H groups in total. The molecule has 20 heavy (non-hydrogen) atoms. The summed E-state index contributed by atoms with van der Waals surface area (Å²) in [4.78, 5) is 4.59. The molecule has 108 valence electrons. The SMILES string of the molecule is Cc1cc2ncn(CC3(CS)CCCCC3)c2cc1C. The number of fused-ring (bicyclic) bond motifs is 1. The normalized spacial score (nSPS) is 18.6. The van der Waals surface area contributed by atoms with Gasteiger partial charge in [0.05, 0.1) is 17.4 Å². The van der Waals surface area contributed by atoms with E-state index in [9.17, 15) is 0 Å². The summed E-state index contributed by atoms with van der Waals surface area (Å²) in [6.45, 7) is 5.40. The van der Waals surface area contributed by atoms with Crippen LogP contribution >= 0.6 is 12.6 Å². The zero-order valence-electron chi connectivity index (χ0n) is 12.5. The second kappa shape index (κ2) is 5.44. The summed E-state index contributed by atoms with van der Waals surface area (Å²) in [5.41, 5.74) is 5.44. The molecule has 0 bridgehead atoms. The number of thiol groups is 1. The van der Waals surface area contributed by atoms with Gasteiger partial charge in [0.1, 0.15) is 0 Å². The second-order valence-electron chi connectivity index (χ2n) is 6.52. The van der Waals surface area contributed by atoms with Gasteiger partial charge in [-0.2, -0.15) is 12.6 Å². The Labute approximate surface area is 127 Å². The van der Waals surface area contributed by atoms with Crippen molar-refractivity contribution < 1.29 is 0 Å². The molecule has 2 nitrogen and oxygen atoms in total. The first-order valence-corrected chi connectivity index (χ1v) is 8.30. The van der Waals surface area contributed by atoms with Crippen LogP contribution in [0.5, 0.6) is 0 Å². The smallest absolute Gasteiger partial charge is 0.0958 e. The topological polar surface area (TPSA) is 17.8 Å². The molecule has 0 atom stereocenters. The lowest BCUT2D eigenvalue weighted by molar-refractivity contribution is 0.192. The summed E-state index contributed by atoms with van der Waals surface area (Å²) >= 11 is 4.66. The van der Waals surface area contributed by atoms with E-state index in [0.29, 0.717) is 5.41 Å². The fourth-order valence-electron chi connectivity index (χ4n) is 3.47. The predicted octanol–water partition coefficient (Wildman–Crippen LogP) is 4.53. The Morgan fingerprint density at radius 1 is 1.15 bits per heavy atom. The average Bonchev–Trinajstić information content (AvgIpc) is 2.83. The van der Waals surface area contributed by atoms with Crippen LogP contribution in [0.25, 0.3) is 11.0 Å². The maximum absolute atomic E-state index is 4.66. The maximum Gasteiger partial charge on any atom is 0.0958 e. The second-order valence-corrected chi connectivity index (χ2v) is 6.83. The van der Waals surface area contributed by atoms with E-state index in [1.54, 1.807) is 0 Å². The number of nitrogens with zero attached hydrogens (tertiary/aromatic N) is 2. The predicted molar refractivity (Wildman–Crippen MR) is 88.6 cm³/mol. The number of hydrogen-bond donors (Lipinski definition) is 1. The molecule has 1 aliphatic rings. The Kier molecular flexibility index (Phi) is 3.80. The minimum atomic E-state index is 0.369. The van der Waals surface area contributed by atoms with E-state index >= 15 is 0 Å². The van der Waals surface area contributed by atoms with Crippen LogP contribution < -0.4 is 0 Å².